The summed E-state index contributed by atoms with van der Waals surface area (Å²) in [4.78, 5) is 0. The van der Waals surface area contributed by atoms with E-state index < -0.39 is 0 Å². The minimum Gasteiger partial charge on any atom is -1.00 e. The van der Waals surface area contributed by atoms with Gasteiger partial charge in [-0.25, -0.2) is 0 Å². The molecule has 0 heterocycles. The van der Waals surface area contributed by atoms with E-state index in [4.69, 9.17) is 0 Å². The maximum absolute atomic E-state index is 2.46. The van der Waals surface area contributed by atoms with Gasteiger partial charge in [-0.15, -0.1) is 0 Å². The fraction of sp³-hybridized carbons (Fsp3) is 0.312. The van der Waals surface area contributed by atoms with E-state index in [0.717, 1.165) is 0 Å². The molecule has 1 unspecified atom stereocenters. The summed E-state index contributed by atoms with van der Waals surface area (Å²) in [5.74, 6) is 0. The molecular formula is C32H35Cl3Ti. The van der Waals surface area contributed by atoms with Crippen LogP contribution in [0.2, 0.25) is 3.72 Å². The van der Waals surface area contributed by atoms with Crippen molar-refractivity contribution in [1.82, 2.24) is 0 Å². The van der Waals surface area contributed by atoms with Gasteiger partial charge in [-0.05, 0) is 0 Å². The van der Waals surface area contributed by atoms with E-state index in [1.54, 1.807) is 0 Å². The molecule has 0 aliphatic heterocycles. The molecular weight excluding hydrogens is 539 g/mol. The molecule has 3 aromatic rings. The molecule has 0 nitrogen and oxygen atoms in total. The summed E-state index contributed by atoms with van der Waals surface area (Å²) in [6, 6.07) is 21.4. The Morgan fingerprint density at radius 1 is 0.500 bits per heavy atom. The first-order valence-electron chi connectivity index (χ1n) is 11.9. The molecule has 1 atom stereocenters. The van der Waals surface area contributed by atoms with Gasteiger partial charge in [0.25, 0.3) is 0 Å². The maximum atomic E-state index is 2.46. The molecule has 0 radical (unpaired) electrons. The van der Waals surface area contributed by atoms with Gasteiger partial charge in [-0.2, -0.15) is 0 Å². The fourth-order valence-corrected chi connectivity index (χ4v) is 7.09. The first-order chi connectivity index (χ1) is 15.5. The van der Waals surface area contributed by atoms with Gasteiger partial charge in [0.1, 0.15) is 0 Å². The number of aryl methyl sites for hydroxylation is 6. The molecule has 0 saturated carbocycles. The van der Waals surface area contributed by atoms with Gasteiger partial charge in [-0.1, -0.05) is 0 Å². The van der Waals surface area contributed by atoms with E-state index in [9.17, 15) is 0 Å². The van der Waals surface area contributed by atoms with Gasteiger partial charge in [0.05, 0.1) is 0 Å². The van der Waals surface area contributed by atoms with Crippen molar-refractivity contribution < 1.29 is 57.7 Å². The van der Waals surface area contributed by atoms with Crippen LogP contribution in [0, 0.1) is 41.5 Å². The molecule has 0 bridgehead atoms. The van der Waals surface area contributed by atoms with E-state index in [1.807, 2.05) is 0 Å². The second-order valence-corrected chi connectivity index (χ2v) is 11.6. The zero-order valence-electron chi connectivity index (χ0n) is 22.5. The van der Waals surface area contributed by atoms with Crippen molar-refractivity contribution in [3.8, 4) is 0 Å². The first-order valence-corrected chi connectivity index (χ1v) is 12.6. The van der Waals surface area contributed by atoms with Crippen LogP contribution >= 0.6 is 0 Å². The van der Waals surface area contributed by atoms with Gasteiger partial charge >= 0.3 is 213 Å². The molecule has 3 aromatic carbocycles. The summed E-state index contributed by atoms with van der Waals surface area (Å²) in [6.45, 7) is 18.0. The van der Waals surface area contributed by atoms with E-state index in [1.165, 1.54) is 61.2 Å². The first kappa shape index (κ1) is 32.8. The summed E-state index contributed by atoms with van der Waals surface area (Å²) in [6.07, 6.45) is 4.79. The van der Waals surface area contributed by atoms with Crippen LogP contribution < -0.4 is 37.2 Å². The molecule has 1 aliphatic carbocycles. The number of allylic oxidation sites excluding steroid dienone is 4. The molecule has 0 spiro atoms. The summed E-state index contributed by atoms with van der Waals surface area (Å²) < 4.78 is -0.197. The zero-order valence-corrected chi connectivity index (χ0v) is 26.3. The van der Waals surface area contributed by atoms with Gasteiger partial charge in [0.15, 0.2) is 0 Å². The summed E-state index contributed by atoms with van der Waals surface area (Å²) >= 11 is 2.45. The number of benzene rings is 3. The van der Waals surface area contributed by atoms with Crippen LogP contribution in [0.25, 0.3) is 0 Å². The second-order valence-electron chi connectivity index (χ2n) is 10.3. The van der Waals surface area contributed by atoms with Gasteiger partial charge < -0.3 is 37.2 Å². The SMILES string of the molecule is CC1=C(C)[C]([Ti+3])(C(c2cc(C)cc(C)c2)(c2cc(C)cc(C)c2)c2cc(C)cc(C)c2)C=C1.[Cl-].[Cl-].[Cl-]. The topological polar surface area (TPSA) is 0 Å². The molecule has 0 fully saturated rings. The molecule has 0 N–H and O–H groups in total. The number of hydrogen-bond acceptors (Lipinski definition) is 0. The quantitative estimate of drug-likeness (QED) is 0.292. The Morgan fingerprint density at radius 3 is 1.00 bits per heavy atom. The van der Waals surface area contributed by atoms with Crippen molar-refractivity contribution in [2.24, 2.45) is 0 Å². The normalized spacial score (nSPS) is 16.8. The third kappa shape index (κ3) is 5.45. The van der Waals surface area contributed by atoms with E-state index in [-0.39, 0.29) is 46.4 Å². The Kier molecular flexibility index (Phi) is 11.0. The third-order valence-corrected chi connectivity index (χ3v) is 8.75. The molecule has 36 heavy (non-hydrogen) atoms. The molecule has 188 valence electrons. The minimum absolute atomic E-state index is 0. The molecule has 4 rings (SSSR count). The van der Waals surface area contributed by atoms with Crippen LogP contribution in [-0.4, -0.2) is 0 Å². The molecule has 1 aliphatic rings. The predicted octanol–water partition coefficient (Wildman–Crippen LogP) is -0.505. The monoisotopic (exact) mass is 572 g/mol. The van der Waals surface area contributed by atoms with E-state index >= 15 is 0 Å². The van der Waals surface area contributed by atoms with Crippen molar-refractivity contribution >= 4 is 0 Å². The van der Waals surface area contributed by atoms with Crippen molar-refractivity contribution in [2.75, 3.05) is 0 Å². The van der Waals surface area contributed by atoms with Crippen molar-refractivity contribution in [3.05, 3.63) is 128 Å². The van der Waals surface area contributed by atoms with Gasteiger partial charge in [0, 0.05) is 0 Å². The summed E-state index contributed by atoms with van der Waals surface area (Å²) in [7, 11) is 0. The average Bonchev–Trinajstić information content (AvgIpc) is 2.95. The predicted molar refractivity (Wildman–Crippen MR) is 138 cm³/mol. The Bertz CT molecular complexity index is 1130. The van der Waals surface area contributed by atoms with Crippen LogP contribution in [0.4, 0.5) is 0 Å². The standard InChI is InChI=1S/C32H35.3ClH.Ti/c1-20-11-21(2)15-28(14-20)32(31-10-9-26(7)27(31)8,29-16-22(3)12-23(4)17-29)30-18-24(5)13-25(6)19-30;;;;/h9-19H,1-8H3;3*1H;/q;;;;+3/p-3. The van der Waals surface area contributed by atoms with Crippen molar-refractivity contribution in [2.45, 2.75) is 64.5 Å². The maximum Gasteiger partial charge on any atom is -1.00 e. The van der Waals surface area contributed by atoms with Crippen LogP contribution in [0.1, 0.15) is 63.9 Å². The van der Waals surface area contributed by atoms with Crippen LogP contribution in [0.3, 0.4) is 0 Å². The molecule has 0 amide bonds. The number of hydrogen-bond donors (Lipinski definition) is 0. The van der Waals surface area contributed by atoms with Crippen LogP contribution in [0.5, 0.6) is 0 Å². The van der Waals surface area contributed by atoms with Crippen LogP contribution in [-0.2, 0) is 25.9 Å². The zero-order chi connectivity index (χ0) is 24.1. The minimum atomic E-state index is -0.352. The second kappa shape index (κ2) is 12.1. The van der Waals surface area contributed by atoms with Crippen LogP contribution in [0.15, 0.2) is 77.9 Å². The Balaban J connectivity index is 0.00000216. The largest absolute Gasteiger partial charge is 1.00 e. The molecule has 0 aromatic heterocycles. The number of halogens is 3. The Morgan fingerprint density at radius 2 is 0.778 bits per heavy atom. The van der Waals surface area contributed by atoms with E-state index in [0.29, 0.717) is 0 Å². The fourth-order valence-electron chi connectivity index (χ4n) is 5.97. The van der Waals surface area contributed by atoms with Crippen molar-refractivity contribution in [3.63, 3.8) is 0 Å². The third-order valence-electron chi connectivity index (χ3n) is 7.32. The van der Waals surface area contributed by atoms with Crippen molar-refractivity contribution in [1.29, 1.82) is 0 Å². The molecule has 0 saturated heterocycles. The van der Waals surface area contributed by atoms with Gasteiger partial charge in [-0.3, -0.25) is 0 Å². The smallest absolute Gasteiger partial charge is 1.00 e. The Hall–Kier alpha value is -1.28. The Labute approximate surface area is 248 Å². The summed E-state index contributed by atoms with van der Waals surface area (Å²) in [5.41, 5.74) is 14.5. The van der Waals surface area contributed by atoms with E-state index in [2.05, 4.69) is 143 Å². The summed E-state index contributed by atoms with van der Waals surface area (Å²) in [5, 5.41) is 0. The van der Waals surface area contributed by atoms with Gasteiger partial charge in [0.2, 0.25) is 0 Å². The average molecular weight is 574 g/mol. The molecule has 4 heteroatoms. The number of rotatable bonds is 4.